The van der Waals surface area contributed by atoms with Crippen LogP contribution in [-0.4, -0.2) is 11.1 Å². The van der Waals surface area contributed by atoms with Crippen molar-refractivity contribution in [2.75, 3.05) is 0 Å². The summed E-state index contributed by atoms with van der Waals surface area (Å²) in [5.74, 6) is -5.13. The monoisotopic (exact) mass is 268 g/mol. The molecule has 0 saturated heterocycles. The number of aromatic carboxylic acids is 1. The molecule has 0 radical (unpaired) electrons. The van der Waals surface area contributed by atoms with Crippen LogP contribution in [-0.2, 0) is 0 Å². The van der Waals surface area contributed by atoms with Crippen molar-refractivity contribution < 1.29 is 27.8 Å². The number of hydrogen-bond acceptors (Lipinski definition) is 2. The van der Waals surface area contributed by atoms with Gasteiger partial charge in [0.25, 0.3) is 0 Å². The molecule has 0 saturated carbocycles. The maximum Gasteiger partial charge on any atom is 0.342 e. The zero-order chi connectivity index (χ0) is 14.0. The molecule has 3 nitrogen and oxygen atoms in total. The second kappa shape index (κ2) is 5.01. The maximum atomic E-state index is 13.4. The molecule has 19 heavy (non-hydrogen) atoms. The molecule has 0 aliphatic carbocycles. The van der Waals surface area contributed by atoms with E-state index in [1.807, 2.05) is 0 Å². The van der Waals surface area contributed by atoms with Crippen LogP contribution in [0.15, 0.2) is 36.4 Å². The lowest BCUT2D eigenvalue weighted by atomic mass is 10.2. The molecule has 0 heterocycles. The number of rotatable bonds is 3. The molecule has 0 aliphatic rings. The second-order valence-electron chi connectivity index (χ2n) is 3.59. The molecule has 0 amide bonds. The normalized spacial score (nSPS) is 10.3. The Kier molecular flexibility index (Phi) is 3.41. The predicted octanol–water partition coefficient (Wildman–Crippen LogP) is 3.59. The average molecular weight is 268 g/mol. The summed E-state index contributed by atoms with van der Waals surface area (Å²) in [5, 5.41) is 8.86. The third-order valence-electron chi connectivity index (χ3n) is 2.30. The molecule has 0 aliphatic heterocycles. The molecule has 2 aromatic rings. The molecule has 0 bridgehead atoms. The summed E-state index contributed by atoms with van der Waals surface area (Å²) in [7, 11) is 0. The van der Waals surface area contributed by atoms with Gasteiger partial charge >= 0.3 is 5.97 Å². The number of benzene rings is 2. The molecular weight excluding hydrogens is 261 g/mol. The smallest absolute Gasteiger partial charge is 0.342 e. The maximum absolute atomic E-state index is 13.4. The van der Waals surface area contributed by atoms with Gasteiger partial charge in [0.15, 0.2) is 11.6 Å². The van der Waals surface area contributed by atoms with E-state index in [1.165, 1.54) is 12.1 Å². The molecule has 6 heteroatoms. The fourth-order valence-electron chi connectivity index (χ4n) is 1.47. The summed E-state index contributed by atoms with van der Waals surface area (Å²) in [6, 6.07) is 5.85. The minimum atomic E-state index is -1.55. The molecule has 0 aromatic heterocycles. The number of carbonyl (C=O) groups is 1. The van der Waals surface area contributed by atoms with Crippen molar-refractivity contribution in [2.45, 2.75) is 0 Å². The number of carboxylic acid groups (broad SMARTS) is 1. The van der Waals surface area contributed by atoms with E-state index in [1.54, 1.807) is 0 Å². The lowest BCUT2D eigenvalue weighted by molar-refractivity contribution is 0.0689. The van der Waals surface area contributed by atoms with E-state index in [2.05, 4.69) is 0 Å². The van der Waals surface area contributed by atoms with Gasteiger partial charge in [0, 0.05) is 6.07 Å². The quantitative estimate of drug-likeness (QED) is 0.925. The predicted molar refractivity (Wildman–Crippen MR) is 59.8 cm³/mol. The number of halogens is 3. The van der Waals surface area contributed by atoms with Crippen LogP contribution in [0.1, 0.15) is 10.4 Å². The van der Waals surface area contributed by atoms with Crippen LogP contribution in [0.3, 0.4) is 0 Å². The van der Waals surface area contributed by atoms with E-state index >= 15 is 0 Å². The van der Waals surface area contributed by atoms with E-state index < -0.39 is 34.7 Å². The van der Waals surface area contributed by atoms with Crippen molar-refractivity contribution in [1.82, 2.24) is 0 Å². The van der Waals surface area contributed by atoms with Crippen molar-refractivity contribution in [3.8, 4) is 11.5 Å². The SMILES string of the molecule is O=C(O)c1c(F)cccc1Oc1ccc(F)cc1F. The Labute approximate surface area is 105 Å². The van der Waals surface area contributed by atoms with Gasteiger partial charge in [-0.2, -0.15) is 0 Å². The highest BCUT2D eigenvalue weighted by molar-refractivity contribution is 5.91. The highest BCUT2D eigenvalue weighted by Gasteiger charge is 2.18. The van der Waals surface area contributed by atoms with Gasteiger partial charge in [-0.05, 0) is 24.3 Å². The standard InChI is InChI=1S/C13H7F3O3/c14-7-4-5-10(9(16)6-7)19-11-3-1-2-8(15)12(11)13(17)18/h1-6H,(H,17,18). The third kappa shape index (κ3) is 2.67. The fourth-order valence-corrected chi connectivity index (χ4v) is 1.47. The van der Waals surface area contributed by atoms with Gasteiger partial charge in [-0.25, -0.2) is 18.0 Å². The van der Waals surface area contributed by atoms with Crippen molar-refractivity contribution in [3.63, 3.8) is 0 Å². The van der Waals surface area contributed by atoms with Gasteiger partial charge in [0.1, 0.15) is 22.9 Å². The minimum Gasteiger partial charge on any atom is -0.477 e. The Bertz CT molecular complexity index is 641. The fraction of sp³-hybridized carbons (Fsp3) is 0. The summed E-state index contributed by atoms with van der Waals surface area (Å²) in [5.41, 5.74) is -0.716. The van der Waals surface area contributed by atoms with Crippen molar-refractivity contribution in [2.24, 2.45) is 0 Å². The molecule has 0 fully saturated rings. The number of carboxylic acids is 1. The Hall–Kier alpha value is -2.50. The first kappa shape index (κ1) is 12.9. The molecule has 0 unspecified atom stereocenters. The first-order valence-electron chi connectivity index (χ1n) is 5.13. The van der Waals surface area contributed by atoms with Gasteiger partial charge in [0.05, 0.1) is 0 Å². The van der Waals surface area contributed by atoms with E-state index in [9.17, 15) is 18.0 Å². The third-order valence-corrected chi connectivity index (χ3v) is 2.30. The Morgan fingerprint density at radius 1 is 1.00 bits per heavy atom. The van der Waals surface area contributed by atoms with Crippen LogP contribution < -0.4 is 4.74 Å². The molecule has 0 atom stereocenters. The summed E-state index contributed by atoms with van der Waals surface area (Å²) in [6.07, 6.45) is 0. The summed E-state index contributed by atoms with van der Waals surface area (Å²) in [4.78, 5) is 10.9. The van der Waals surface area contributed by atoms with Crippen molar-refractivity contribution in [1.29, 1.82) is 0 Å². The highest BCUT2D eigenvalue weighted by Crippen LogP contribution is 2.29. The highest BCUT2D eigenvalue weighted by atomic mass is 19.1. The van der Waals surface area contributed by atoms with E-state index in [4.69, 9.17) is 9.84 Å². The minimum absolute atomic E-state index is 0.363. The first-order valence-corrected chi connectivity index (χ1v) is 5.13. The molecular formula is C13H7F3O3. The lowest BCUT2D eigenvalue weighted by Gasteiger charge is -2.09. The largest absolute Gasteiger partial charge is 0.477 e. The molecule has 2 aromatic carbocycles. The van der Waals surface area contributed by atoms with Crippen LogP contribution in [0.4, 0.5) is 13.2 Å². The van der Waals surface area contributed by atoms with Gasteiger partial charge in [-0.3, -0.25) is 0 Å². The zero-order valence-electron chi connectivity index (χ0n) is 9.36. The van der Waals surface area contributed by atoms with Crippen molar-refractivity contribution >= 4 is 5.97 Å². The summed E-state index contributed by atoms with van der Waals surface area (Å²) < 4.78 is 44.4. The second-order valence-corrected chi connectivity index (χ2v) is 3.59. The van der Waals surface area contributed by atoms with Crippen LogP contribution in [0, 0.1) is 17.5 Å². The molecule has 98 valence electrons. The van der Waals surface area contributed by atoms with E-state index in [-0.39, 0.29) is 5.75 Å². The Balaban J connectivity index is 2.44. The summed E-state index contributed by atoms with van der Waals surface area (Å²) in [6.45, 7) is 0. The van der Waals surface area contributed by atoms with Crippen LogP contribution in [0.2, 0.25) is 0 Å². The summed E-state index contributed by atoms with van der Waals surface area (Å²) >= 11 is 0. The van der Waals surface area contributed by atoms with Crippen LogP contribution in [0.25, 0.3) is 0 Å². The van der Waals surface area contributed by atoms with Crippen LogP contribution in [0.5, 0.6) is 11.5 Å². The molecule has 0 spiro atoms. The van der Waals surface area contributed by atoms with E-state index in [0.717, 1.165) is 18.2 Å². The number of ether oxygens (including phenoxy) is 1. The van der Waals surface area contributed by atoms with Gasteiger partial charge in [0.2, 0.25) is 0 Å². The Morgan fingerprint density at radius 3 is 2.37 bits per heavy atom. The molecule has 2 rings (SSSR count). The van der Waals surface area contributed by atoms with Crippen LogP contribution >= 0.6 is 0 Å². The zero-order valence-corrected chi connectivity index (χ0v) is 9.36. The van der Waals surface area contributed by atoms with E-state index in [0.29, 0.717) is 6.07 Å². The first-order chi connectivity index (χ1) is 8.99. The van der Waals surface area contributed by atoms with Gasteiger partial charge < -0.3 is 9.84 Å². The van der Waals surface area contributed by atoms with Crippen molar-refractivity contribution in [3.05, 3.63) is 59.4 Å². The lowest BCUT2D eigenvalue weighted by Crippen LogP contribution is -2.04. The average Bonchev–Trinajstić information content (AvgIpc) is 2.32. The number of hydrogen-bond donors (Lipinski definition) is 1. The van der Waals surface area contributed by atoms with Gasteiger partial charge in [-0.1, -0.05) is 6.07 Å². The molecule has 1 N–H and O–H groups in total. The topological polar surface area (TPSA) is 46.5 Å². The Morgan fingerprint density at radius 2 is 1.74 bits per heavy atom. The van der Waals surface area contributed by atoms with Gasteiger partial charge in [-0.15, -0.1) is 0 Å².